The number of hydrogen-bond donors (Lipinski definition) is 0. The third-order valence-corrected chi connectivity index (χ3v) is 3.23. The van der Waals surface area contributed by atoms with Gasteiger partial charge in [-0.1, -0.05) is 28.1 Å². The zero-order chi connectivity index (χ0) is 14.7. The quantitative estimate of drug-likeness (QED) is 0.710. The summed E-state index contributed by atoms with van der Waals surface area (Å²) in [4.78, 5) is 16.1. The Hall–Kier alpha value is -1.99. The summed E-state index contributed by atoms with van der Waals surface area (Å²) < 4.78 is 8.17. The average molecular weight is 367 g/mol. The summed E-state index contributed by atoms with van der Waals surface area (Å²) in [6.07, 6.45) is 4.91. The first kappa shape index (κ1) is 14.0. The van der Waals surface area contributed by atoms with Gasteiger partial charge >= 0.3 is 6.01 Å². The van der Waals surface area contributed by atoms with Crippen molar-refractivity contribution in [2.75, 3.05) is 0 Å². The smallest absolute Gasteiger partial charge is 0.322 e. The van der Waals surface area contributed by atoms with Gasteiger partial charge in [0.05, 0.1) is 0 Å². The molecule has 0 radical (unpaired) electrons. The van der Waals surface area contributed by atoms with Gasteiger partial charge in [0.15, 0.2) is 0 Å². The summed E-state index contributed by atoms with van der Waals surface area (Å²) in [6, 6.07) is 7.95. The van der Waals surface area contributed by atoms with Crippen LogP contribution in [0, 0.1) is 0 Å². The predicted molar refractivity (Wildman–Crippen MR) is 80.4 cm³/mol. The van der Waals surface area contributed by atoms with Gasteiger partial charge in [0, 0.05) is 16.9 Å². The highest BCUT2D eigenvalue weighted by atomic mass is 79.9. The van der Waals surface area contributed by atoms with E-state index in [0.29, 0.717) is 12.6 Å². The van der Waals surface area contributed by atoms with Crippen molar-refractivity contribution >= 4 is 27.5 Å². The van der Waals surface area contributed by atoms with Crippen molar-refractivity contribution in [1.82, 2.24) is 24.5 Å². The van der Waals surface area contributed by atoms with Crippen LogP contribution in [0.4, 0.5) is 0 Å². The van der Waals surface area contributed by atoms with Gasteiger partial charge in [0.25, 0.3) is 0 Å². The number of hydrogen-bond acceptors (Lipinski definition) is 5. The van der Waals surface area contributed by atoms with Crippen LogP contribution in [0.3, 0.4) is 0 Å². The molecule has 0 unspecified atom stereocenters. The van der Waals surface area contributed by atoms with Crippen molar-refractivity contribution in [1.29, 1.82) is 0 Å². The molecule has 0 aliphatic carbocycles. The summed E-state index contributed by atoms with van der Waals surface area (Å²) in [6.45, 7) is 0.336. The zero-order valence-corrected chi connectivity index (χ0v) is 13.0. The third-order valence-electron chi connectivity index (χ3n) is 2.57. The Morgan fingerprint density at radius 1 is 1.24 bits per heavy atom. The largest absolute Gasteiger partial charge is 0.458 e. The fraction of sp³-hybridized carbons (Fsp3) is 0.0769. The minimum Gasteiger partial charge on any atom is -0.458 e. The number of aromatic nitrogens is 5. The van der Waals surface area contributed by atoms with Crippen LogP contribution in [0.25, 0.3) is 5.95 Å². The molecule has 0 N–H and O–H groups in total. The van der Waals surface area contributed by atoms with Gasteiger partial charge in [0.2, 0.25) is 11.2 Å². The van der Waals surface area contributed by atoms with E-state index < -0.39 is 0 Å². The van der Waals surface area contributed by atoms with Crippen LogP contribution in [0.1, 0.15) is 5.56 Å². The summed E-state index contributed by atoms with van der Waals surface area (Å²) in [5.74, 6) is 0.358. The molecule has 0 saturated heterocycles. The molecular formula is C13H9BrClN5O. The number of imidazole rings is 1. The zero-order valence-electron chi connectivity index (χ0n) is 10.6. The fourth-order valence-electron chi connectivity index (χ4n) is 1.65. The second-order valence-corrected chi connectivity index (χ2v) is 5.33. The topological polar surface area (TPSA) is 65.7 Å². The number of nitrogens with zero attached hydrogens (tertiary/aromatic N) is 5. The van der Waals surface area contributed by atoms with Crippen LogP contribution >= 0.6 is 27.5 Å². The lowest BCUT2D eigenvalue weighted by Crippen LogP contribution is -2.05. The maximum Gasteiger partial charge on any atom is 0.322 e. The van der Waals surface area contributed by atoms with E-state index in [4.69, 9.17) is 16.3 Å². The molecule has 0 bridgehead atoms. The molecule has 21 heavy (non-hydrogen) atoms. The molecule has 3 rings (SSSR count). The Labute approximate surface area is 133 Å². The first-order valence-electron chi connectivity index (χ1n) is 5.98. The molecule has 0 atom stereocenters. The molecule has 0 aliphatic rings. The highest BCUT2D eigenvalue weighted by molar-refractivity contribution is 9.10. The normalized spacial score (nSPS) is 10.6. The molecule has 6 nitrogen and oxygen atoms in total. The number of halogens is 2. The summed E-state index contributed by atoms with van der Waals surface area (Å²) in [5, 5.41) is 0.0675. The Kier molecular flexibility index (Phi) is 4.12. The predicted octanol–water partition coefficient (Wildman–Crippen LogP) is 3.05. The maximum absolute atomic E-state index is 5.89. The minimum atomic E-state index is 0.0675. The summed E-state index contributed by atoms with van der Waals surface area (Å²) in [7, 11) is 0. The van der Waals surface area contributed by atoms with E-state index in [1.54, 1.807) is 23.3 Å². The van der Waals surface area contributed by atoms with Crippen molar-refractivity contribution in [3.8, 4) is 12.0 Å². The molecule has 0 aliphatic heterocycles. The highest BCUT2D eigenvalue weighted by Crippen LogP contribution is 2.15. The Morgan fingerprint density at radius 3 is 2.90 bits per heavy atom. The number of rotatable bonds is 4. The third kappa shape index (κ3) is 3.56. The monoisotopic (exact) mass is 365 g/mol. The molecule has 1 aromatic carbocycles. The molecule has 0 fully saturated rings. The number of ether oxygens (including phenoxy) is 1. The molecule has 3 aromatic rings. The lowest BCUT2D eigenvalue weighted by Gasteiger charge is -2.07. The average Bonchev–Trinajstić information content (AvgIpc) is 2.99. The Morgan fingerprint density at radius 2 is 2.14 bits per heavy atom. The molecule has 0 amide bonds. The second kappa shape index (κ2) is 6.19. The van der Waals surface area contributed by atoms with Gasteiger partial charge in [-0.05, 0) is 29.3 Å². The summed E-state index contributed by atoms with van der Waals surface area (Å²) in [5.41, 5.74) is 0.991. The van der Waals surface area contributed by atoms with Crippen LogP contribution < -0.4 is 4.74 Å². The van der Waals surface area contributed by atoms with Crippen molar-refractivity contribution in [3.63, 3.8) is 0 Å². The highest BCUT2D eigenvalue weighted by Gasteiger charge is 2.08. The van der Waals surface area contributed by atoms with Crippen molar-refractivity contribution in [2.24, 2.45) is 0 Å². The van der Waals surface area contributed by atoms with Crippen LogP contribution in [-0.2, 0) is 6.61 Å². The molecule has 0 saturated carbocycles. The summed E-state index contributed by atoms with van der Waals surface area (Å²) >= 11 is 9.30. The lowest BCUT2D eigenvalue weighted by atomic mass is 10.2. The van der Waals surface area contributed by atoms with E-state index in [1.165, 1.54) is 0 Å². The molecule has 2 aromatic heterocycles. The van der Waals surface area contributed by atoms with Gasteiger partial charge < -0.3 is 4.74 Å². The first-order valence-corrected chi connectivity index (χ1v) is 7.15. The molecule has 2 heterocycles. The van der Waals surface area contributed by atoms with Crippen molar-refractivity contribution < 1.29 is 4.74 Å². The van der Waals surface area contributed by atoms with E-state index in [0.717, 1.165) is 10.0 Å². The minimum absolute atomic E-state index is 0.0675. The van der Waals surface area contributed by atoms with E-state index in [1.807, 2.05) is 24.3 Å². The Balaban J connectivity index is 1.79. The SMILES string of the molecule is Clc1nc(OCc2cccc(Br)c2)nc(-n2ccnc2)n1. The van der Waals surface area contributed by atoms with Crippen LogP contribution in [-0.4, -0.2) is 24.5 Å². The molecule has 0 spiro atoms. The fourth-order valence-corrected chi connectivity index (χ4v) is 2.25. The van der Waals surface area contributed by atoms with Gasteiger partial charge in [-0.3, -0.25) is 4.57 Å². The molecule has 106 valence electrons. The lowest BCUT2D eigenvalue weighted by molar-refractivity contribution is 0.279. The van der Waals surface area contributed by atoms with Crippen LogP contribution in [0.15, 0.2) is 47.5 Å². The van der Waals surface area contributed by atoms with E-state index in [2.05, 4.69) is 35.9 Å². The van der Waals surface area contributed by atoms with Crippen LogP contribution in [0.5, 0.6) is 6.01 Å². The van der Waals surface area contributed by atoms with E-state index in [9.17, 15) is 0 Å². The number of benzene rings is 1. The molecule has 8 heteroatoms. The first-order chi connectivity index (χ1) is 10.2. The van der Waals surface area contributed by atoms with Crippen LogP contribution in [0.2, 0.25) is 5.28 Å². The second-order valence-electron chi connectivity index (χ2n) is 4.08. The van der Waals surface area contributed by atoms with Gasteiger partial charge in [0.1, 0.15) is 12.9 Å². The standard InChI is InChI=1S/C13H9BrClN5O/c14-10-3-1-2-9(6-10)7-21-13-18-11(15)17-12(19-13)20-5-4-16-8-20/h1-6,8H,7H2. The van der Waals surface area contributed by atoms with Gasteiger partial charge in [-0.15, -0.1) is 0 Å². The van der Waals surface area contributed by atoms with Crippen molar-refractivity contribution in [3.05, 3.63) is 58.3 Å². The van der Waals surface area contributed by atoms with Gasteiger partial charge in [-0.2, -0.15) is 15.0 Å². The van der Waals surface area contributed by atoms with E-state index >= 15 is 0 Å². The molecular weight excluding hydrogens is 358 g/mol. The Bertz CT molecular complexity index is 750. The van der Waals surface area contributed by atoms with E-state index in [-0.39, 0.29) is 11.3 Å². The maximum atomic E-state index is 5.89. The van der Waals surface area contributed by atoms with Crippen molar-refractivity contribution in [2.45, 2.75) is 6.61 Å². The van der Waals surface area contributed by atoms with Gasteiger partial charge in [-0.25, -0.2) is 4.98 Å².